The number of sulfonamides is 1. The Kier molecular flexibility index (Phi) is 9.12. The van der Waals surface area contributed by atoms with Gasteiger partial charge in [-0.3, -0.25) is 4.68 Å². The van der Waals surface area contributed by atoms with Crippen LogP contribution in [-0.4, -0.2) is 54.1 Å². The quantitative estimate of drug-likeness (QED) is 0.329. The fourth-order valence-corrected chi connectivity index (χ4v) is 3.03. The Morgan fingerprint density at radius 1 is 1.22 bits per heavy atom. The Balaban J connectivity index is 0.00000364. The van der Waals surface area contributed by atoms with Gasteiger partial charge in [-0.2, -0.15) is 5.10 Å². The minimum absolute atomic E-state index is 0. The first-order valence-corrected chi connectivity index (χ1v) is 9.65. The number of guanidine groups is 1. The lowest BCUT2D eigenvalue weighted by Gasteiger charge is -2.12. The largest absolute Gasteiger partial charge is 0.357 e. The summed E-state index contributed by atoms with van der Waals surface area (Å²) >= 11 is 0. The molecule has 2 N–H and O–H groups in total. The first-order chi connectivity index (χ1) is 12.3. The highest BCUT2D eigenvalue weighted by atomic mass is 127. The van der Waals surface area contributed by atoms with Crippen molar-refractivity contribution in [3.8, 4) is 0 Å². The standard InChI is InChI=1S/C16H25N7O2S.HI/c1-5-17-16(19-11-15-20-12-21-23(15)4)18-10-13-6-8-14(9-7-13)26(24,25)22(2)3;/h6-9,12H,5,10-11H2,1-4H3,(H2,17,18,19);1H. The summed E-state index contributed by atoms with van der Waals surface area (Å²) in [5.74, 6) is 1.45. The number of aromatic nitrogens is 3. The van der Waals surface area contributed by atoms with Crippen LogP contribution in [0.15, 0.2) is 40.5 Å². The van der Waals surface area contributed by atoms with Crippen molar-refractivity contribution in [2.24, 2.45) is 12.0 Å². The lowest BCUT2D eigenvalue weighted by molar-refractivity contribution is 0.520. The summed E-state index contributed by atoms with van der Waals surface area (Å²) in [4.78, 5) is 8.94. The Morgan fingerprint density at radius 2 is 1.89 bits per heavy atom. The van der Waals surface area contributed by atoms with Gasteiger partial charge in [0.25, 0.3) is 0 Å². The third-order valence-corrected chi connectivity index (χ3v) is 5.51. The Hall–Kier alpha value is -1.73. The maximum atomic E-state index is 12.1. The van der Waals surface area contributed by atoms with Gasteiger partial charge in [-0.25, -0.2) is 22.7 Å². The predicted molar refractivity (Wildman–Crippen MR) is 115 cm³/mol. The van der Waals surface area contributed by atoms with E-state index >= 15 is 0 Å². The predicted octanol–water partition coefficient (Wildman–Crippen LogP) is 0.939. The van der Waals surface area contributed by atoms with Gasteiger partial charge in [0.05, 0.1) is 18.0 Å². The smallest absolute Gasteiger partial charge is 0.242 e. The number of rotatable bonds is 7. The van der Waals surface area contributed by atoms with E-state index in [9.17, 15) is 8.42 Å². The normalized spacial score (nSPS) is 12.0. The summed E-state index contributed by atoms with van der Waals surface area (Å²) in [6, 6.07) is 6.73. The average Bonchev–Trinajstić information content (AvgIpc) is 3.02. The highest BCUT2D eigenvalue weighted by Gasteiger charge is 2.16. The molecule has 1 aromatic carbocycles. The fraction of sp³-hybridized carbons (Fsp3) is 0.438. The molecule has 0 atom stereocenters. The van der Waals surface area contributed by atoms with Crippen LogP contribution in [0.5, 0.6) is 0 Å². The molecule has 0 aliphatic carbocycles. The summed E-state index contributed by atoms with van der Waals surface area (Å²) in [6.45, 7) is 3.64. The lowest BCUT2D eigenvalue weighted by atomic mass is 10.2. The Morgan fingerprint density at radius 3 is 2.41 bits per heavy atom. The number of aliphatic imine (C=N–C) groups is 1. The highest BCUT2D eigenvalue weighted by molar-refractivity contribution is 14.0. The lowest BCUT2D eigenvalue weighted by Crippen LogP contribution is -2.37. The van der Waals surface area contributed by atoms with Gasteiger partial charge in [0.2, 0.25) is 10.0 Å². The van der Waals surface area contributed by atoms with E-state index in [1.165, 1.54) is 24.7 Å². The van der Waals surface area contributed by atoms with Crippen LogP contribution >= 0.6 is 24.0 Å². The molecule has 0 fully saturated rings. The van der Waals surface area contributed by atoms with E-state index in [4.69, 9.17) is 0 Å². The molecule has 1 aromatic heterocycles. The van der Waals surface area contributed by atoms with E-state index < -0.39 is 10.0 Å². The summed E-state index contributed by atoms with van der Waals surface area (Å²) in [6.07, 6.45) is 1.50. The molecule has 0 bridgehead atoms. The van der Waals surface area contributed by atoms with E-state index in [2.05, 4.69) is 25.7 Å². The summed E-state index contributed by atoms with van der Waals surface area (Å²) in [7, 11) is 1.44. The van der Waals surface area contributed by atoms with Crippen LogP contribution in [0.25, 0.3) is 0 Å². The molecule has 150 valence electrons. The van der Waals surface area contributed by atoms with E-state index in [1.54, 1.807) is 28.9 Å². The number of halogens is 1. The van der Waals surface area contributed by atoms with Crippen LogP contribution in [0.3, 0.4) is 0 Å². The molecule has 0 aliphatic heterocycles. The van der Waals surface area contributed by atoms with Gasteiger partial charge in [0, 0.05) is 27.7 Å². The number of nitrogens with one attached hydrogen (secondary N) is 2. The molecule has 0 unspecified atom stereocenters. The second kappa shape index (κ2) is 10.6. The fourth-order valence-electron chi connectivity index (χ4n) is 2.13. The van der Waals surface area contributed by atoms with Crippen LogP contribution in [0.1, 0.15) is 18.3 Å². The van der Waals surface area contributed by atoms with Gasteiger partial charge in [0.1, 0.15) is 12.2 Å². The van der Waals surface area contributed by atoms with Gasteiger partial charge in [-0.15, -0.1) is 24.0 Å². The minimum atomic E-state index is -3.41. The molecule has 2 rings (SSSR count). The van der Waals surface area contributed by atoms with Gasteiger partial charge in [0.15, 0.2) is 5.96 Å². The van der Waals surface area contributed by atoms with Crippen molar-refractivity contribution in [1.29, 1.82) is 0 Å². The van der Waals surface area contributed by atoms with Gasteiger partial charge in [-0.1, -0.05) is 12.1 Å². The third kappa shape index (κ3) is 6.43. The molecule has 1 heterocycles. The molecule has 9 nitrogen and oxygen atoms in total. The van der Waals surface area contributed by atoms with Crippen LogP contribution in [0.2, 0.25) is 0 Å². The molecule has 11 heteroatoms. The zero-order valence-corrected chi connectivity index (χ0v) is 19.0. The van der Waals surface area contributed by atoms with E-state index in [0.717, 1.165) is 17.9 Å². The topological polar surface area (TPSA) is 105 Å². The monoisotopic (exact) mass is 507 g/mol. The first-order valence-electron chi connectivity index (χ1n) is 8.21. The van der Waals surface area contributed by atoms with E-state index in [-0.39, 0.29) is 28.9 Å². The van der Waals surface area contributed by atoms with Crippen molar-refractivity contribution < 1.29 is 8.42 Å². The molecule has 0 radical (unpaired) electrons. The molecular weight excluding hydrogens is 481 g/mol. The molecule has 0 spiro atoms. The SMILES string of the molecule is CCNC(=NCc1ccc(S(=O)(=O)N(C)C)cc1)NCc1ncnn1C.I. The molecule has 2 aromatic rings. The minimum Gasteiger partial charge on any atom is -0.357 e. The number of nitrogens with zero attached hydrogens (tertiary/aromatic N) is 5. The highest BCUT2D eigenvalue weighted by Crippen LogP contribution is 2.14. The summed E-state index contributed by atoms with van der Waals surface area (Å²) in [5, 5.41) is 10.4. The third-order valence-electron chi connectivity index (χ3n) is 3.68. The summed E-state index contributed by atoms with van der Waals surface area (Å²) < 4.78 is 27.1. The van der Waals surface area contributed by atoms with Crippen molar-refractivity contribution in [3.63, 3.8) is 0 Å². The number of aryl methyl sites for hydroxylation is 1. The zero-order chi connectivity index (χ0) is 19.2. The number of hydrogen-bond acceptors (Lipinski definition) is 5. The van der Waals surface area contributed by atoms with Gasteiger partial charge >= 0.3 is 0 Å². The van der Waals surface area contributed by atoms with Crippen molar-refractivity contribution in [3.05, 3.63) is 42.0 Å². The zero-order valence-electron chi connectivity index (χ0n) is 15.9. The van der Waals surface area contributed by atoms with E-state index in [1.807, 2.05) is 14.0 Å². The Bertz CT molecular complexity index is 848. The summed E-state index contributed by atoms with van der Waals surface area (Å²) in [5.41, 5.74) is 0.915. The molecular formula is C16H26IN7O2S. The first kappa shape index (κ1) is 23.3. The van der Waals surface area contributed by atoms with Crippen molar-refractivity contribution >= 4 is 40.0 Å². The average molecular weight is 507 g/mol. The van der Waals surface area contributed by atoms with Gasteiger partial charge < -0.3 is 10.6 Å². The molecule has 27 heavy (non-hydrogen) atoms. The molecule has 0 aliphatic rings. The Labute approximate surface area is 177 Å². The van der Waals surface area contributed by atoms with Crippen molar-refractivity contribution in [2.75, 3.05) is 20.6 Å². The maximum absolute atomic E-state index is 12.1. The van der Waals surface area contributed by atoms with Crippen LogP contribution < -0.4 is 10.6 Å². The maximum Gasteiger partial charge on any atom is 0.242 e. The second-order valence-electron chi connectivity index (χ2n) is 5.78. The van der Waals surface area contributed by atoms with Gasteiger partial charge in [-0.05, 0) is 24.6 Å². The van der Waals surface area contributed by atoms with Crippen molar-refractivity contribution in [2.45, 2.75) is 24.9 Å². The number of benzene rings is 1. The van der Waals surface area contributed by atoms with E-state index in [0.29, 0.717) is 19.0 Å². The second-order valence-corrected chi connectivity index (χ2v) is 7.93. The van der Waals surface area contributed by atoms with Crippen LogP contribution in [0.4, 0.5) is 0 Å². The number of hydrogen-bond donors (Lipinski definition) is 2. The molecule has 0 saturated heterocycles. The van der Waals surface area contributed by atoms with Crippen molar-refractivity contribution in [1.82, 2.24) is 29.7 Å². The van der Waals surface area contributed by atoms with Crippen LogP contribution in [-0.2, 0) is 30.2 Å². The molecule has 0 amide bonds. The molecule has 0 saturated carbocycles. The van der Waals surface area contributed by atoms with Crippen LogP contribution in [0, 0.1) is 0 Å².